The summed E-state index contributed by atoms with van der Waals surface area (Å²) in [4.78, 5) is 23.1. The number of hydrogen-bond acceptors (Lipinski definition) is 6. The smallest absolute Gasteiger partial charge is 0.243 e. The van der Waals surface area contributed by atoms with Crippen molar-refractivity contribution in [1.82, 2.24) is 19.9 Å². The molecule has 36 heavy (non-hydrogen) atoms. The van der Waals surface area contributed by atoms with Crippen molar-refractivity contribution in [1.29, 1.82) is 0 Å². The summed E-state index contributed by atoms with van der Waals surface area (Å²) < 4.78 is 7.75. The molecular weight excluding hydrogens is 452 g/mol. The van der Waals surface area contributed by atoms with E-state index in [-0.39, 0.29) is 18.0 Å². The molecule has 0 spiro atoms. The lowest BCUT2D eigenvalue weighted by molar-refractivity contribution is -0.123. The van der Waals surface area contributed by atoms with Crippen LogP contribution >= 0.6 is 0 Å². The van der Waals surface area contributed by atoms with Crippen LogP contribution in [-0.2, 0) is 4.79 Å². The van der Waals surface area contributed by atoms with Gasteiger partial charge < -0.3 is 25.3 Å². The lowest BCUT2D eigenvalue weighted by Gasteiger charge is -2.31. The lowest BCUT2D eigenvalue weighted by atomic mass is 9.84. The first kappa shape index (κ1) is 24.2. The van der Waals surface area contributed by atoms with Gasteiger partial charge in [-0.25, -0.2) is 0 Å². The number of nitrogens with one attached hydrogen (secondary N) is 3. The van der Waals surface area contributed by atoms with Gasteiger partial charge in [-0.15, -0.1) is 0 Å². The third kappa shape index (κ3) is 5.80. The van der Waals surface area contributed by atoms with Gasteiger partial charge in [0, 0.05) is 37.0 Å². The van der Waals surface area contributed by atoms with Gasteiger partial charge in [-0.05, 0) is 37.5 Å². The zero-order chi connectivity index (χ0) is 24.7. The first-order valence-electron chi connectivity index (χ1n) is 13.2. The fourth-order valence-corrected chi connectivity index (χ4v) is 5.30. The highest BCUT2D eigenvalue weighted by molar-refractivity contribution is 5.85. The van der Waals surface area contributed by atoms with Crippen LogP contribution in [0, 0.1) is 5.92 Å². The molecule has 3 heterocycles. The molecule has 2 atom stereocenters. The molecule has 1 aliphatic heterocycles. The van der Waals surface area contributed by atoms with Gasteiger partial charge in [-0.3, -0.25) is 4.79 Å². The molecule has 3 N–H and O–H groups in total. The molecule has 0 saturated heterocycles. The second kappa shape index (κ2) is 11.5. The topological polar surface area (TPSA) is 93.1 Å². The Kier molecular flexibility index (Phi) is 7.69. The van der Waals surface area contributed by atoms with Gasteiger partial charge in [0.1, 0.15) is 23.4 Å². The van der Waals surface area contributed by atoms with Crippen LogP contribution in [0.4, 0.5) is 11.8 Å². The minimum absolute atomic E-state index is 0.00778. The molecular formula is C28H36N6O2. The molecule has 5 rings (SSSR count). The molecule has 190 valence electrons. The van der Waals surface area contributed by atoms with E-state index < -0.39 is 0 Å². The zero-order valence-electron chi connectivity index (χ0n) is 21.0. The van der Waals surface area contributed by atoms with Gasteiger partial charge in [0.15, 0.2) is 0 Å². The summed E-state index contributed by atoms with van der Waals surface area (Å²) in [7, 11) is 0. The maximum Gasteiger partial charge on any atom is 0.243 e. The van der Waals surface area contributed by atoms with Gasteiger partial charge in [0.05, 0.1) is 12.6 Å². The van der Waals surface area contributed by atoms with Crippen LogP contribution in [0.2, 0.25) is 0 Å². The Morgan fingerprint density at radius 3 is 2.69 bits per heavy atom. The van der Waals surface area contributed by atoms with E-state index in [1.807, 2.05) is 66.3 Å². The molecule has 0 bridgehead atoms. The Labute approximate surface area is 212 Å². The quantitative estimate of drug-likeness (QED) is 0.389. The Balaban J connectivity index is 1.39. The van der Waals surface area contributed by atoms with E-state index in [1.54, 1.807) is 0 Å². The van der Waals surface area contributed by atoms with Crippen LogP contribution in [-0.4, -0.2) is 39.6 Å². The first-order valence-corrected chi connectivity index (χ1v) is 13.2. The maximum atomic E-state index is 13.7. The van der Waals surface area contributed by atoms with Crippen LogP contribution in [0.3, 0.4) is 0 Å². The number of carbonyl (C=O) groups is 1. The molecule has 0 radical (unpaired) electrons. The van der Waals surface area contributed by atoms with E-state index in [0.717, 1.165) is 30.0 Å². The number of rotatable bonds is 9. The lowest BCUT2D eigenvalue weighted by Crippen LogP contribution is -2.43. The van der Waals surface area contributed by atoms with Crippen molar-refractivity contribution in [2.75, 3.05) is 23.8 Å². The molecule has 1 unspecified atom stereocenters. The summed E-state index contributed by atoms with van der Waals surface area (Å²) in [5, 5.41) is 10.0. The maximum absolute atomic E-state index is 13.7. The number of fused-ring (bicyclic) bond motifs is 1. The first-order chi connectivity index (χ1) is 17.7. The van der Waals surface area contributed by atoms with E-state index in [1.165, 1.54) is 32.1 Å². The predicted octanol–water partition coefficient (Wildman–Crippen LogP) is 5.09. The number of ether oxygens (including phenoxy) is 1. The number of anilines is 2. The fourth-order valence-electron chi connectivity index (χ4n) is 5.30. The van der Waals surface area contributed by atoms with Crippen molar-refractivity contribution in [3.63, 3.8) is 0 Å². The number of hydrogen-bond donors (Lipinski definition) is 3. The normalized spacial score (nSPS) is 18.5. The summed E-state index contributed by atoms with van der Waals surface area (Å²) in [6, 6.07) is 13.4. The average molecular weight is 489 g/mol. The molecule has 1 aromatic carbocycles. The Bertz CT molecular complexity index is 1140. The summed E-state index contributed by atoms with van der Waals surface area (Å²) in [5.74, 6) is 3.34. The van der Waals surface area contributed by atoms with Gasteiger partial charge in [-0.1, -0.05) is 50.3 Å². The number of para-hydroxylation sites is 1. The van der Waals surface area contributed by atoms with E-state index in [2.05, 4.69) is 25.9 Å². The number of aromatic nitrogens is 3. The minimum Gasteiger partial charge on any atom is -0.493 e. The van der Waals surface area contributed by atoms with Crippen molar-refractivity contribution in [3.8, 4) is 11.6 Å². The zero-order valence-corrected chi connectivity index (χ0v) is 21.0. The number of carbonyl (C=O) groups excluding carboxylic acids is 1. The summed E-state index contributed by atoms with van der Waals surface area (Å²) in [6.45, 7) is 3.33. The molecule has 8 heteroatoms. The second-order valence-corrected chi connectivity index (χ2v) is 9.73. The van der Waals surface area contributed by atoms with Crippen LogP contribution in [0.25, 0.3) is 5.82 Å². The summed E-state index contributed by atoms with van der Waals surface area (Å²) >= 11 is 0. The van der Waals surface area contributed by atoms with Crippen molar-refractivity contribution in [2.45, 2.75) is 64.0 Å². The highest BCUT2D eigenvalue weighted by Gasteiger charge is 2.29. The fraction of sp³-hybridized carbons (Fsp3) is 0.464. The van der Waals surface area contributed by atoms with Crippen molar-refractivity contribution < 1.29 is 9.53 Å². The van der Waals surface area contributed by atoms with Gasteiger partial charge in [0.2, 0.25) is 11.9 Å². The Morgan fingerprint density at radius 2 is 1.89 bits per heavy atom. The molecule has 1 aliphatic carbocycles. The summed E-state index contributed by atoms with van der Waals surface area (Å²) in [6.07, 6.45) is 11.6. The number of nitrogens with zero attached hydrogens (tertiary/aromatic N) is 3. The Hall–Kier alpha value is -3.55. The molecule has 2 aliphatic rings. The van der Waals surface area contributed by atoms with Gasteiger partial charge >= 0.3 is 0 Å². The highest BCUT2D eigenvalue weighted by atomic mass is 16.5. The standard InChI is InChI=1S/C28H36N6O2/c1-2-29-28-32-25(19-26(33-28)34-15-8-9-16-34)30-23(18-20-10-4-3-5-11-20)27(35)31-22-14-17-36-24-13-7-6-12-21(22)24/h6-9,12-13,15-16,19-20,22-23H,2-5,10-11,14,17-18H2,1H3,(H,31,35)(H2,29,30,32,33)/t22?,23-/m1/s1. The van der Waals surface area contributed by atoms with Gasteiger partial charge in [-0.2, -0.15) is 9.97 Å². The molecule has 8 nitrogen and oxygen atoms in total. The monoisotopic (exact) mass is 488 g/mol. The van der Waals surface area contributed by atoms with Crippen LogP contribution in [0.1, 0.15) is 63.5 Å². The predicted molar refractivity (Wildman–Crippen MR) is 142 cm³/mol. The SMILES string of the molecule is CCNc1nc(N[C@H](CC2CCCCC2)C(=O)NC2CCOc3ccccc32)cc(-n2cccc2)n1. The minimum atomic E-state index is -0.384. The molecule has 1 amide bonds. The third-order valence-electron chi connectivity index (χ3n) is 7.12. The number of amides is 1. The molecule has 1 fully saturated rings. The van der Waals surface area contributed by atoms with Crippen LogP contribution in [0.5, 0.6) is 5.75 Å². The average Bonchev–Trinajstić information content (AvgIpc) is 3.45. The molecule has 2 aromatic heterocycles. The van der Waals surface area contributed by atoms with Gasteiger partial charge in [0.25, 0.3) is 0 Å². The van der Waals surface area contributed by atoms with Crippen molar-refractivity contribution in [2.24, 2.45) is 5.92 Å². The van der Waals surface area contributed by atoms with Crippen molar-refractivity contribution in [3.05, 3.63) is 60.4 Å². The van der Waals surface area contributed by atoms with E-state index in [9.17, 15) is 4.79 Å². The van der Waals surface area contributed by atoms with Crippen LogP contribution in [0.15, 0.2) is 54.9 Å². The second-order valence-electron chi connectivity index (χ2n) is 9.73. The third-order valence-corrected chi connectivity index (χ3v) is 7.12. The largest absolute Gasteiger partial charge is 0.493 e. The Morgan fingerprint density at radius 1 is 1.08 bits per heavy atom. The summed E-state index contributed by atoms with van der Waals surface area (Å²) in [5.41, 5.74) is 1.04. The molecule has 1 saturated carbocycles. The van der Waals surface area contributed by atoms with Crippen LogP contribution < -0.4 is 20.7 Å². The highest BCUT2D eigenvalue weighted by Crippen LogP contribution is 2.33. The van der Waals surface area contributed by atoms with E-state index >= 15 is 0 Å². The van der Waals surface area contributed by atoms with E-state index in [4.69, 9.17) is 4.74 Å². The van der Waals surface area contributed by atoms with Crippen molar-refractivity contribution >= 4 is 17.7 Å². The number of benzene rings is 1. The molecule has 3 aromatic rings. The van der Waals surface area contributed by atoms with E-state index in [0.29, 0.717) is 30.8 Å².